The first kappa shape index (κ1) is 14.3. The molecule has 0 aliphatic rings. The number of rotatable bonds is 6. The molecule has 0 aromatic heterocycles. The molecule has 1 atom stereocenters. The summed E-state index contributed by atoms with van der Waals surface area (Å²) in [5.41, 5.74) is 0.562. The molecular weight excluding hydrogens is 238 g/mol. The van der Waals surface area contributed by atoms with Gasteiger partial charge in [-0.2, -0.15) is 0 Å². The Balaban J connectivity index is 2.72. The Morgan fingerprint density at radius 1 is 1.41 bits per heavy atom. The molecule has 0 aliphatic heterocycles. The van der Waals surface area contributed by atoms with Gasteiger partial charge in [-0.1, -0.05) is 24.6 Å². The van der Waals surface area contributed by atoms with E-state index in [1.165, 1.54) is 0 Å². The molecule has 0 saturated carbocycles. The maximum atomic E-state index is 9.72. The van der Waals surface area contributed by atoms with Gasteiger partial charge >= 0.3 is 0 Å². The molecule has 96 valence electrons. The van der Waals surface area contributed by atoms with Crippen LogP contribution in [0.4, 0.5) is 0 Å². The number of aliphatic hydroxyl groups is 1. The SMILES string of the molecule is CCC(C)(CCO)NCc1c(O)cccc1Cl. The molecule has 17 heavy (non-hydrogen) atoms. The zero-order valence-electron chi connectivity index (χ0n) is 10.3. The van der Waals surface area contributed by atoms with Gasteiger partial charge in [0.2, 0.25) is 0 Å². The number of halogens is 1. The van der Waals surface area contributed by atoms with Crippen molar-refractivity contribution < 1.29 is 10.2 Å². The number of aliphatic hydroxyl groups excluding tert-OH is 1. The fraction of sp³-hybridized carbons (Fsp3) is 0.538. The second-order valence-corrected chi connectivity index (χ2v) is 4.89. The third-order valence-electron chi connectivity index (χ3n) is 3.23. The zero-order chi connectivity index (χ0) is 12.9. The standard InChI is InChI=1S/C13H20ClNO2/c1-3-13(2,7-8-16)15-9-10-11(14)5-4-6-12(10)17/h4-6,15-17H,3,7-9H2,1-2H3. The molecule has 0 fully saturated rings. The lowest BCUT2D eigenvalue weighted by Crippen LogP contribution is -2.42. The topological polar surface area (TPSA) is 52.5 Å². The largest absolute Gasteiger partial charge is 0.508 e. The van der Waals surface area contributed by atoms with Crippen LogP contribution < -0.4 is 5.32 Å². The summed E-state index contributed by atoms with van der Waals surface area (Å²) >= 11 is 6.03. The highest BCUT2D eigenvalue weighted by Crippen LogP contribution is 2.26. The number of hydrogen-bond donors (Lipinski definition) is 3. The molecule has 1 rings (SSSR count). The van der Waals surface area contributed by atoms with Gasteiger partial charge in [-0.3, -0.25) is 0 Å². The van der Waals surface area contributed by atoms with Crippen LogP contribution in [-0.2, 0) is 6.54 Å². The van der Waals surface area contributed by atoms with Crippen molar-refractivity contribution >= 4 is 11.6 Å². The minimum Gasteiger partial charge on any atom is -0.508 e. The van der Waals surface area contributed by atoms with Gasteiger partial charge in [-0.15, -0.1) is 0 Å². The maximum absolute atomic E-state index is 9.72. The van der Waals surface area contributed by atoms with Crippen LogP contribution >= 0.6 is 11.6 Å². The summed E-state index contributed by atoms with van der Waals surface area (Å²) in [7, 11) is 0. The monoisotopic (exact) mass is 257 g/mol. The first-order chi connectivity index (χ1) is 8.02. The third kappa shape index (κ3) is 3.87. The second-order valence-electron chi connectivity index (χ2n) is 4.48. The van der Waals surface area contributed by atoms with Crippen LogP contribution in [0, 0.1) is 0 Å². The van der Waals surface area contributed by atoms with E-state index in [2.05, 4.69) is 19.2 Å². The number of aromatic hydroxyl groups is 1. The van der Waals surface area contributed by atoms with Gasteiger partial charge in [0.15, 0.2) is 0 Å². The minimum absolute atomic E-state index is 0.139. The first-order valence-electron chi connectivity index (χ1n) is 5.84. The Hall–Kier alpha value is -0.770. The summed E-state index contributed by atoms with van der Waals surface area (Å²) in [6.07, 6.45) is 1.58. The molecule has 0 bridgehead atoms. The van der Waals surface area contributed by atoms with Gasteiger partial charge in [0.1, 0.15) is 5.75 Å². The average molecular weight is 258 g/mol. The molecule has 1 unspecified atom stereocenters. The Morgan fingerprint density at radius 2 is 2.12 bits per heavy atom. The molecule has 0 aliphatic carbocycles. The fourth-order valence-electron chi connectivity index (χ4n) is 1.66. The van der Waals surface area contributed by atoms with Gasteiger partial charge in [-0.25, -0.2) is 0 Å². The lowest BCUT2D eigenvalue weighted by atomic mass is 9.94. The van der Waals surface area contributed by atoms with Crippen LogP contribution in [0.1, 0.15) is 32.3 Å². The number of hydrogen-bond acceptors (Lipinski definition) is 3. The molecule has 1 aromatic rings. The first-order valence-corrected chi connectivity index (χ1v) is 6.22. The highest BCUT2D eigenvalue weighted by Gasteiger charge is 2.21. The van der Waals surface area contributed by atoms with Crippen LogP contribution in [0.3, 0.4) is 0 Å². The van der Waals surface area contributed by atoms with E-state index in [1.54, 1.807) is 18.2 Å². The Kier molecular flexibility index (Phi) is 5.25. The van der Waals surface area contributed by atoms with E-state index in [0.29, 0.717) is 23.6 Å². The Bertz CT molecular complexity index is 350. The number of phenolic OH excluding ortho intramolecular Hbond substituents is 1. The van der Waals surface area contributed by atoms with Crippen molar-refractivity contribution in [2.45, 2.75) is 38.8 Å². The van der Waals surface area contributed by atoms with Crippen LogP contribution in [0.5, 0.6) is 5.75 Å². The molecule has 0 heterocycles. The number of phenols is 1. The molecule has 0 amide bonds. The van der Waals surface area contributed by atoms with Crippen molar-refractivity contribution in [3.63, 3.8) is 0 Å². The zero-order valence-corrected chi connectivity index (χ0v) is 11.1. The summed E-state index contributed by atoms with van der Waals surface area (Å²) in [6.45, 7) is 4.76. The van der Waals surface area contributed by atoms with Gasteiger partial charge in [0.25, 0.3) is 0 Å². The van der Waals surface area contributed by atoms with Crippen LogP contribution in [0.25, 0.3) is 0 Å². The van der Waals surface area contributed by atoms with E-state index >= 15 is 0 Å². The molecule has 0 saturated heterocycles. The Morgan fingerprint density at radius 3 is 2.65 bits per heavy atom. The normalized spacial score (nSPS) is 14.6. The number of benzene rings is 1. The van der Waals surface area contributed by atoms with E-state index in [4.69, 9.17) is 16.7 Å². The van der Waals surface area contributed by atoms with Gasteiger partial charge < -0.3 is 15.5 Å². The van der Waals surface area contributed by atoms with Crippen molar-refractivity contribution in [2.75, 3.05) is 6.61 Å². The minimum atomic E-state index is -0.139. The lowest BCUT2D eigenvalue weighted by molar-refractivity contribution is 0.214. The summed E-state index contributed by atoms with van der Waals surface area (Å²) in [5.74, 6) is 0.201. The predicted molar refractivity (Wildman–Crippen MR) is 70.4 cm³/mol. The van der Waals surface area contributed by atoms with Gasteiger partial charge in [-0.05, 0) is 31.9 Å². The third-order valence-corrected chi connectivity index (χ3v) is 3.58. The predicted octanol–water partition coefficient (Wildman–Crippen LogP) is 2.69. The maximum Gasteiger partial charge on any atom is 0.121 e. The summed E-state index contributed by atoms with van der Waals surface area (Å²) < 4.78 is 0. The number of nitrogens with one attached hydrogen (secondary N) is 1. The van der Waals surface area contributed by atoms with Crippen molar-refractivity contribution in [1.82, 2.24) is 5.32 Å². The highest BCUT2D eigenvalue weighted by molar-refractivity contribution is 6.31. The molecule has 0 spiro atoms. The molecule has 0 radical (unpaired) electrons. The summed E-state index contributed by atoms with van der Waals surface area (Å²) in [5, 5.41) is 22.6. The molecular formula is C13H20ClNO2. The quantitative estimate of drug-likeness (QED) is 0.735. The molecule has 3 N–H and O–H groups in total. The van der Waals surface area contributed by atoms with E-state index in [1.807, 2.05) is 0 Å². The van der Waals surface area contributed by atoms with Crippen molar-refractivity contribution in [3.05, 3.63) is 28.8 Å². The fourth-order valence-corrected chi connectivity index (χ4v) is 1.90. The van der Waals surface area contributed by atoms with Crippen molar-refractivity contribution in [3.8, 4) is 5.75 Å². The van der Waals surface area contributed by atoms with Crippen LogP contribution in [0.2, 0.25) is 5.02 Å². The van der Waals surface area contributed by atoms with Gasteiger partial charge in [0, 0.05) is 29.3 Å². The smallest absolute Gasteiger partial charge is 0.121 e. The molecule has 3 nitrogen and oxygen atoms in total. The van der Waals surface area contributed by atoms with E-state index in [-0.39, 0.29) is 17.9 Å². The summed E-state index contributed by atoms with van der Waals surface area (Å²) in [4.78, 5) is 0. The van der Waals surface area contributed by atoms with E-state index in [0.717, 1.165) is 6.42 Å². The van der Waals surface area contributed by atoms with Crippen LogP contribution in [0.15, 0.2) is 18.2 Å². The van der Waals surface area contributed by atoms with E-state index in [9.17, 15) is 5.11 Å². The summed E-state index contributed by atoms with van der Waals surface area (Å²) in [6, 6.07) is 5.10. The highest BCUT2D eigenvalue weighted by atomic mass is 35.5. The van der Waals surface area contributed by atoms with Gasteiger partial charge in [0.05, 0.1) is 0 Å². The van der Waals surface area contributed by atoms with Crippen LogP contribution in [-0.4, -0.2) is 22.4 Å². The van der Waals surface area contributed by atoms with E-state index < -0.39 is 0 Å². The Labute approximate surface area is 107 Å². The molecule has 1 aromatic carbocycles. The van der Waals surface area contributed by atoms with Crippen molar-refractivity contribution in [2.24, 2.45) is 0 Å². The lowest BCUT2D eigenvalue weighted by Gasteiger charge is -2.29. The van der Waals surface area contributed by atoms with Crippen molar-refractivity contribution in [1.29, 1.82) is 0 Å². The average Bonchev–Trinajstić information content (AvgIpc) is 2.29. The second kappa shape index (κ2) is 6.24. The molecule has 4 heteroatoms.